The van der Waals surface area contributed by atoms with Gasteiger partial charge in [-0.15, -0.1) is 0 Å². The summed E-state index contributed by atoms with van der Waals surface area (Å²) < 4.78 is 37.5. The Balaban J connectivity index is 1.33. The third kappa shape index (κ3) is 3.94. The lowest BCUT2D eigenvalue weighted by Gasteiger charge is -2.26. The lowest BCUT2D eigenvalue weighted by molar-refractivity contribution is -0.140. The van der Waals surface area contributed by atoms with Gasteiger partial charge in [0.1, 0.15) is 12.4 Å². The monoisotopic (exact) mass is 420 g/mol. The van der Waals surface area contributed by atoms with Crippen molar-refractivity contribution in [2.75, 3.05) is 39.5 Å². The second kappa shape index (κ2) is 8.25. The summed E-state index contributed by atoms with van der Waals surface area (Å²) in [5, 5.41) is 0. The molecule has 0 bridgehead atoms. The van der Waals surface area contributed by atoms with Gasteiger partial charge in [-0.05, 0) is 37.1 Å². The van der Waals surface area contributed by atoms with E-state index in [1.165, 1.54) is 21.3 Å². The number of carbonyl (C=O) groups is 2. The van der Waals surface area contributed by atoms with E-state index >= 15 is 0 Å². The van der Waals surface area contributed by atoms with Crippen LogP contribution in [-0.4, -0.2) is 68.9 Å². The summed E-state index contributed by atoms with van der Waals surface area (Å²) in [4.78, 5) is 26.4. The molecule has 1 aromatic carbocycles. The van der Waals surface area contributed by atoms with E-state index in [1.54, 1.807) is 12.1 Å². The van der Waals surface area contributed by atoms with Crippen LogP contribution in [0.4, 0.5) is 0 Å². The maximum atomic E-state index is 12.6. The predicted octanol–water partition coefficient (Wildman–Crippen LogP) is 1.04. The van der Waals surface area contributed by atoms with Crippen LogP contribution in [0, 0.1) is 11.8 Å². The van der Waals surface area contributed by atoms with Crippen LogP contribution in [0.5, 0.6) is 5.75 Å². The highest BCUT2D eigenvalue weighted by Crippen LogP contribution is 2.34. The van der Waals surface area contributed by atoms with Gasteiger partial charge in [0, 0.05) is 13.1 Å². The molecule has 3 aliphatic rings. The molecule has 0 N–H and O–H groups in total. The molecular weight excluding hydrogens is 396 g/mol. The van der Waals surface area contributed by atoms with Crippen molar-refractivity contribution in [3.05, 3.63) is 36.4 Å². The Kier molecular flexibility index (Phi) is 5.71. The largest absolute Gasteiger partial charge is 0.492 e. The van der Waals surface area contributed by atoms with Crippen molar-refractivity contribution in [3.63, 3.8) is 0 Å². The summed E-state index contributed by atoms with van der Waals surface area (Å²) in [6, 6.07) is 6.19. The van der Waals surface area contributed by atoms with Crippen molar-refractivity contribution in [1.82, 2.24) is 9.21 Å². The number of carbonyl (C=O) groups excluding carboxylic acids is 2. The summed E-state index contributed by atoms with van der Waals surface area (Å²) in [7, 11) is -3.54. The molecule has 0 aromatic heterocycles. The minimum absolute atomic E-state index is 0.125. The quantitative estimate of drug-likeness (QED) is 0.504. The molecule has 2 fully saturated rings. The molecule has 2 aliphatic heterocycles. The summed E-state index contributed by atoms with van der Waals surface area (Å²) in [6.45, 7) is 1.84. The number of imide groups is 1. The third-order valence-electron chi connectivity index (χ3n) is 5.61. The van der Waals surface area contributed by atoms with Crippen molar-refractivity contribution >= 4 is 21.8 Å². The molecular formula is C20H24N2O6S. The molecule has 2 unspecified atom stereocenters. The fourth-order valence-electron chi connectivity index (χ4n) is 3.99. The first-order valence-electron chi connectivity index (χ1n) is 9.79. The maximum Gasteiger partial charge on any atom is 0.243 e. The first-order chi connectivity index (χ1) is 14.0. The van der Waals surface area contributed by atoms with E-state index in [4.69, 9.17) is 9.47 Å². The highest BCUT2D eigenvalue weighted by molar-refractivity contribution is 7.89. The fourth-order valence-corrected chi connectivity index (χ4v) is 5.40. The molecule has 2 amide bonds. The van der Waals surface area contributed by atoms with Gasteiger partial charge in [-0.1, -0.05) is 12.2 Å². The van der Waals surface area contributed by atoms with E-state index in [2.05, 4.69) is 0 Å². The molecule has 0 radical (unpaired) electrons. The van der Waals surface area contributed by atoms with E-state index in [0.717, 1.165) is 0 Å². The lowest BCUT2D eigenvalue weighted by Crippen LogP contribution is -2.40. The summed E-state index contributed by atoms with van der Waals surface area (Å²) in [5.41, 5.74) is 0. The Morgan fingerprint density at radius 3 is 2.14 bits per heavy atom. The van der Waals surface area contributed by atoms with E-state index in [-0.39, 0.29) is 41.7 Å². The molecule has 2 atom stereocenters. The van der Waals surface area contributed by atoms with Crippen LogP contribution < -0.4 is 4.74 Å². The van der Waals surface area contributed by atoms with E-state index in [1.807, 2.05) is 12.2 Å². The Morgan fingerprint density at radius 2 is 1.55 bits per heavy atom. The van der Waals surface area contributed by atoms with Crippen molar-refractivity contribution in [2.45, 2.75) is 17.7 Å². The number of allylic oxidation sites excluding steroid dienone is 2. The molecule has 156 valence electrons. The van der Waals surface area contributed by atoms with Crippen molar-refractivity contribution in [2.24, 2.45) is 11.8 Å². The van der Waals surface area contributed by atoms with Crippen LogP contribution in [0.2, 0.25) is 0 Å². The number of fused-ring (bicyclic) bond motifs is 1. The van der Waals surface area contributed by atoms with Crippen LogP contribution in [0.3, 0.4) is 0 Å². The van der Waals surface area contributed by atoms with Gasteiger partial charge < -0.3 is 9.47 Å². The number of ether oxygens (including phenoxy) is 2. The third-order valence-corrected chi connectivity index (χ3v) is 7.53. The number of nitrogens with zero attached hydrogens (tertiary/aromatic N) is 2. The van der Waals surface area contributed by atoms with Gasteiger partial charge in [0.05, 0.1) is 36.5 Å². The zero-order valence-electron chi connectivity index (χ0n) is 16.0. The number of sulfonamides is 1. The van der Waals surface area contributed by atoms with Crippen LogP contribution >= 0.6 is 0 Å². The van der Waals surface area contributed by atoms with Gasteiger partial charge in [0.25, 0.3) is 0 Å². The lowest BCUT2D eigenvalue weighted by atomic mass is 9.85. The molecule has 29 heavy (non-hydrogen) atoms. The predicted molar refractivity (Wildman–Crippen MR) is 104 cm³/mol. The zero-order chi connectivity index (χ0) is 20.4. The Bertz CT molecular complexity index is 879. The molecule has 4 rings (SSSR count). The maximum absolute atomic E-state index is 12.6. The number of benzene rings is 1. The normalized spacial score (nSPS) is 25.3. The van der Waals surface area contributed by atoms with Crippen molar-refractivity contribution in [1.29, 1.82) is 0 Å². The topological polar surface area (TPSA) is 93.2 Å². The van der Waals surface area contributed by atoms with E-state index < -0.39 is 10.0 Å². The minimum Gasteiger partial charge on any atom is -0.492 e. The van der Waals surface area contributed by atoms with Gasteiger partial charge in [-0.25, -0.2) is 8.42 Å². The van der Waals surface area contributed by atoms with Crippen molar-refractivity contribution in [3.8, 4) is 5.75 Å². The number of hydrogen-bond donors (Lipinski definition) is 0. The molecule has 1 aromatic rings. The number of amides is 2. The van der Waals surface area contributed by atoms with E-state index in [9.17, 15) is 18.0 Å². The number of morpholine rings is 1. The molecule has 0 spiro atoms. The highest BCUT2D eigenvalue weighted by Gasteiger charge is 2.46. The second-order valence-corrected chi connectivity index (χ2v) is 9.26. The minimum atomic E-state index is -3.54. The van der Waals surface area contributed by atoms with Gasteiger partial charge in [-0.3, -0.25) is 14.5 Å². The number of hydrogen-bond acceptors (Lipinski definition) is 6. The average Bonchev–Trinajstić information content (AvgIpc) is 3.00. The van der Waals surface area contributed by atoms with Crippen LogP contribution in [0.1, 0.15) is 12.8 Å². The Morgan fingerprint density at radius 1 is 0.966 bits per heavy atom. The number of likely N-dealkylation sites (tertiary alicyclic amines) is 1. The highest BCUT2D eigenvalue weighted by atomic mass is 32.2. The summed E-state index contributed by atoms with van der Waals surface area (Å²) >= 11 is 0. The Labute approximate surface area is 170 Å². The molecule has 2 saturated heterocycles. The fraction of sp³-hybridized carbons (Fsp3) is 0.500. The summed E-state index contributed by atoms with van der Waals surface area (Å²) in [6.07, 6.45) is 5.15. The van der Waals surface area contributed by atoms with Gasteiger partial charge in [0.15, 0.2) is 0 Å². The van der Waals surface area contributed by atoms with Crippen LogP contribution in [-0.2, 0) is 24.3 Å². The van der Waals surface area contributed by atoms with Crippen LogP contribution in [0.15, 0.2) is 41.3 Å². The average molecular weight is 420 g/mol. The zero-order valence-corrected chi connectivity index (χ0v) is 16.8. The standard InChI is InChI=1S/C20H24N2O6S/c23-19-17-3-1-2-4-18(17)20(24)22(19)11-14-28-15-5-7-16(8-6-15)29(25,26)21-9-12-27-13-10-21/h1-2,5-8,17-18H,3-4,9-14H2. The van der Waals surface area contributed by atoms with Crippen molar-refractivity contribution < 1.29 is 27.5 Å². The Hall–Kier alpha value is -2.23. The SMILES string of the molecule is O=C1C2CC=CCC2C(=O)N1CCOc1ccc(S(=O)(=O)N2CCOCC2)cc1. The summed E-state index contributed by atoms with van der Waals surface area (Å²) in [5.74, 6) is -0.238. The molecule has 8 nitrogen and oxygen atoms in total. The smallest absolute Gasteiger partial charge is 0.243 e. The van der Waals surface area contributed by atoms with Gasteiger partial charge >= 0.3 is 0 Å². The van der Waals surface area contributed by atoms with Gasteiger partial charge in [0.2, 0.25) is 21.8 Å². The molecule has 9 heteroatoms. The first kappa shape index (κ1) is 20.1. The number of rotatable bonds is 6. The second-order valence-electron chi connectivity index (χ2n) is 7.32. The first-order valence-corrected chi connectivity index (χ1v) is 11.2. The molecule has 0 saturated carbocycles. The van der Waals surface area contributed by atoms with Crippen LogP contribution in [0.25, 0.3) is 0 Å². The molecule has 1 aliphatic carbocycles. The van der Waals surface area contributed by atoms with E-state index in [0.29, 0.717) is 44.9 Å². The van der Waals surface area contributed by atoms with Gasteiger partial charge in [-0.2, -0.15) is 4.31 Å². The molecule has 2 heterocycles.